The number of rotatable bonds is 4. The maximum Gasteiger partial charge on any atom is 0.323 e. The highest BCUT2D eigenvalue weighted by Gasteiger charge is 2.42. The molecule has 1 unspecified atom stereocenters. The Morgan fingerprint density at radius 2 is 2.07 bits per heavy atom. The summed E-state index contributed by atoms with van der Waals surface area (Å²) in [6, 6.07) is 16.1. The van der Waals surface area contributed by atoms with Crippen molar-refractivity contribution in [1.29, 1.82) is 0 Å². The molecule has 1 aliphatic heterocycles. The standard InChI is InChI=1S/C24H27N3O2/c1-27-13-17(23(25)24(28)29-14-15-6-3-2-4-7-15)10-19-18-8-5-9-20-22(18)16(12-26-20)11-21(19)27/h2-9,12,17,19,21,23,26H,10-11,13-14,25H2,1H3/t17-,19-,21-,23?/m1/s1. The molecule has 2 heterocycles. The van der Waals surface area contributed by atoms with Crippen LogP contribution < -0.4 is 5.73 Å². The zero-order valence-electron chi connectivity index (χ0n) is 16.7. The van der Waals surface area contributed by atoms with Crippen molar-refractivity contribution in [2.24, 2.45) is 11.7 Å². The molecule has 5 rings (SSSR count). The van der Waals surface area contributed by atoms with Crippen LogP contribution in [0.1, 0.15) is 29.0 Å². The molecule has 1 fully saturated rings. The normalized spacial score (nSPS) is 24.8. The number of hydrogen-bond donors (Lipinski definition) is 2. The highest BCUT2D eigenvalue weighted by atomic mass is 16.5. The van der Waals surface area contributed by atoms with Crippen molar-refractivity contribution < 1.29 is 9.53 Å². The lowest BCUT2D eigenvalue weighted by atomic mass is 9.71. The van der Waals surface area contributed by atoms with Gasteiger partial charge in [0, 0.05) is 35.6 Å². The number of carbonyl (C=O) groups excluding carboxylic acids is 1. The fourth-order valence-corrected chi connectivity index (χ4v) is 5.26. The number of likely N-dealkylation sites (tertiary alicyclic amines) is 1. The van der Waals surface area contributed by atoms with Crippen molar-refractivity contribution in [3.05, 3.63) is 71.4 Å². The van der Waals surface area contributed by atoms with E-state index in [9.17, 15) is 4.79 Å². The fraction of sp³-hybridized carbons (Fsp3) is 0.375. The molecule has 3 N–H and O–H groups in total. The van der Waals surface area contributed by atoms with E-state index in [1.54, 1.807) is 0 Å². The minimum Gasteiger partial charge on any atom is -0.460 e. The minimum absolute atomic E-state index is 0.0836. The summed E-state index contributed by atoms with van der Waals surface area (Å²) < 4.78 is 5.53. The number of ether oxygens (including phenoxy) is 1. The zero-order chi connectivity index (χ0) is 20.0. The molecule has 2 aliphatic rings. The van der Waals surface area contributed by atoms with E-state index in [2.05, 4.69) is 41.3 Å². The van der Waals surface area contributed by atoms with Crippen LogP contribution in [0.15, 0.2) is 54.7 Å². The van der Waals surface area contributed by atoms with Crippen molar-refractivity contribution in [2.45, 2.75) is 37.5 Å². The number of nitrogens with one attached hydrogen (secondary N) is 1. The fourth-order valence-electron chi connectivity index (χ4n) is 5.26. The van der Waals surface area contributed by atoms with E-state index in [0.717, 1.165) is 24.9 Å². The molecule has 5 nitrogen and oxygen atoms in total. The molecule has 2 aromatic carbocycles. The summed E-state index contributed by atoms with van der Waals surface area (Å²) >= 11 is 0. The second kappa shape index (κ2) is 7.32. The Morgan fingerprint density at radius 1 is 1.24 bits per heavy atom. The third kappa shape index (κ3) is 3.24. The lowest BCUT2D eigenvalue weighted by Gasteiger charge is -2.46. The van der Waals surface area contributed by atoms with Crippen LogP contribution in [0.3, 0.4) is 0 Å². The summed E-state index contributed by atoms with van der Waals surface area (Å²) in [6.07, 6.45) is 4.11. The van der Waals surface area contributed by atoms with Crippen molar-refractivity contribution >= 4 is 16.9 Å². The quantitative estimate of drug-likeness (QED) is 0.672. The zero-order valence-corrected chi connectivity index (χ0v) is 16.7. The third-order valence-electron chi connectivity index (χ3n) is 6.76. The number of carbonyl (C=O) groups is 1. The van der Waals surface area contributed by atoms with E-state index in [-0.39, 0.29) is 18.5 Å². The molecule has 0 bridgehead atoms. The van der Waals surface area contributed by atoms with E-state index in [0.29, 0.717) is 12.0 Å². The SMILES string of the molecule is CN1C[C@H](C(N)C(=O)OCc2ccccc2)C[C@@H]2c3cccc4[nH]cc(c34)C[C@H]21. The lowest BCUT2D eigenvalue weighted by molar-refractivity contribution is -0.148. The first-order valence-corrected chi connectivity index (χ1v) is 10.4. The number of esters is 1. The summed E-state index contributed by atoms with van der Waals surface area (Å²) in [6.45, 7) is 1.09. The largest absolute Gasteiger partial charge is 0.460 e. The van der Waals surface area contributed by atoms with Crippen LogP contribution in [-0.4, -0.2) is 41.5 Å². The molecular weight excluding hydrogens is 362 g/mol. The van der Waals surface area contributed by atoms with Crippen LogP contribution in [0.5, 0.6) is 0 Å². The van der Waals surface area contributed by atoms with Crippen LogP contribution in [0, 0.1) is 5.92 Å². The van der Waals surface area contributed by atoms with Crippen LogP contribution in [-0.2, 0) is 22.6 Å². The van der Waals surface area contributed by atoms with Gasteiger partial charge < -0.3 is 20.4 Å². The predicted octanol–water partition coefficient (Wildman–Crippen LogP) is 3.20. The van der Waals surface area contributed by atoms with Gasteiger partial charge in [-0.05, 0) is 48.6 Å². The monoisotopic (exact) mass is 389 g/mol. The summed E-state index contributed by atoms with van der Waals surface area (Å²) in [5, 5.41) is 1.36. The second-order valence-corrected chi connectivity index (χ2v) is 8.52. The van der Waals surface area contributed by atoms with Crippen LogP contribution in [0.4, 0.5) is 0 Å². The molecule has 3 aromatic rings. The van der Waals surface area contributed by atoms with Gasteiger partial charge >= 0.3 is 5.97 Å². The third-order valence-corrected chi connectivity index (χ3v) is 6.76. The molecule has 0 saturated carbocycles. The minimum atomic E-state index is -0.603. The Labute approximate surface area is 170 Å². The molecule has 0 amide bonds. The number of nitrogens with two attached hydrogens (primary N) is 1. The Balaban J connectivity index is 1.34. The van der Waals surface area contributed by atoms with Gasteiger partial charge in [0.2, 0.25) is 0 Å². The molecular formula is C24H27N3O2. The molecule has 1 saturated heterocycles. The summed E-state index contributed by atoms with van der Waals surface area (Å²) in [5.41, 5.74) is 11.4. The lowest BCUT2D eigenvalue weighted by Crippen LogP contribution is -2.53. The number of benzene rings is 2. The number of hydrogen-bond acceptors (Lipinski definition) is 4. The highest BCUT2D eigenvalue weighted by molar-refractivity contribution is 5.88. The Bertz CT molecular complexity index is 1030. The van der Waals surface area contributed by atoms with E-state index >= 15 is 0 Å². The number of aromatic amines is 1. The maximum atomic E-state index is 12.7. The summed E-state index contributed by atoms with van der Waals surface area (Å²) in [5.74, 6) is 0.168. The van der Waals surface area contributed by atoms with E-state index in [1.165, 1.54) is 22.0 Å². The average Bonchev–Trinajstić information content (AvgIpc) is 3.17. The van der Waals surface area contributed by atoms with Gasteiger partial charge in [0.05, 0.1) is 0 Å². The van der Waals surface area contributed by atoms with Gasteiger partial charge in [-0.1, -0.05) is 42.5 Å². The highest BCUT2D eigenvalue weighted by Crippen LogP contribution is 2.44. The Hall–Kier alpha value is -2.63. The first-order chi connectivity index (χ1) is 14.1. The van der Waals surface area contributed by atoms with Gasteiger partial charge in [-0.3, -0.25) is 4.79 Å². The molecule has 1 aromatic heterocycles. The van der Waals surface area contributed by atoms with Crippen LogP contribution >= 0.6 is 0 Å². The van der Waals surface area contributed by atoms with Gasteiger partial charge in [0.1, 0.15) is 12.6 Å². The Morgan fingerprint density at radius 3 is 2.90 bits per heavy atom. The first-order valence-electron chi connectivity index (χ1n) is 10.4. The first kappa shape index (κ1) is 18.4. The van der Waals surface area contributed by atoms with Crippen LogP contribution in [0.2, 0.25) is 0 Å². The van der Waals surface area contributed by atoms with Gasteiger partial charge in [-0.2, -0.15) is 0 Å². The molecule has 0 spiro atoms. The maximum absolute atomic E-state index is 12.7. The molecule has 5 heteroatoms. The van der Waals surface area contributed by atoms with Gasteiger partial charge in [0.15, 0.2) is 0 Å². The van der Waals surface area contributed by atoms with E-state index in [1.807, 2.05) is 30.3 Å². The number of H-pyrrole nitrogens is 1. The van der Waals surface area contributed by atoms with Crippen LogP contribution in [0.25, 0.3) is 10.9 Å². The van der Waals surface area contributed by atoms with Gasteiger partial charge in [-0.25, -0.2) is 0 Å². The average molecular weight is 389 g/mol. The molecule has 4 atom stereocenters. The molecule has 1 aliphatic carbocycles. The number of piperidine rings is 1. The number of fused-ring (bicyclic) bond motifs is 2. The van der Waals surface area contributed by atoms with E-state index < -0.39 is 6.04 Å². The van der Waals surface area contributed by atoms with Gasteiger partial charge in [-0.15, -0.1) is 0 Å². The number of nitrogens with zero attached hydrogens (tertiary/aromatic N) is 1. The Kier molecular flexibility index (Phi) is 4.64. The molecule has 150 valence electrons. The second-order valence-electron chi connectivity index (χ2n) is 8.52. The number of aromatic nitrogens is 1. The topological polar surface area (TPSA) is 71.3 Å². The van der Waals surface area contributed by atoms with Crippen molar-refractivity contribution in [3.8, 4) is 0 Å². The smallest absolute Gasteiger partial charge is 0.323 e. The predicted molar refractivity (Wildman–Crippen MR) is 113 cm³/mol. The van der Waals surface area contributed by atoms with Gasteiger partial charge in [0.25, 0.3) is 0 Å². The van der Waals surface area contributed by atoms with E-state index in [4.69, 9.17) is 10.5 Å². The molecule has 29 heavy (non-hydrogen) atoms. The summed E-state index contributed by atoms with van der Waals surface area (Å²) in [4.78, 5) is 18.5. The number of likely N-dealkylation sites (N-methyl/N-ethyl adjacent to an activating group) is 1. The summed E-state index contributed by atoms with van der Waals surface area (Å²) in [7, 11) is 2.16. The van der Waals surface area contributed by atoms with Crippen molar-refractivity contribution in [3.63, 3.8) is 0 Å². The van der Waals surface area contributed by atoms with Crippen molar-refractivity contribution in [1.82, 2.24) is 9.88 Å². The van der Waals surface area contributed by atoms with Crippen molar-refractivity contribution in [2.75, 3.05) is 13.6 Å². The molecule has 0 radical (unpaired) electrons.